The van der Waals surface area contributed by atoms with Crippen molar-refractivity contribution >= 4 is 22.9 Å². The van der Waals surface area contributed by atoms with E-state index in [1.807, 2.05) is 0 Å². The molecule has 1 atom stereocenters. The second kappa shape index (κ2) is 4.33. The highest BCUT2D eigenvalue weighted by Crippen LogP contribution is 2.20. The number of aryl methyl sites for hydroxylation is 2. The summed E-state index contributed by atoms with van der Waals surface area (Å²) < 4.78 is 5.33. The summed E-state index contributed by atoms with van der Waals surface area (Å²) in [6, 6.07) is -0.838. The number of nitrogens with zero attached hydrogens (tertiary/aromatic N) is 5. The summed E-state index contributed by atoms with van der Waals surface area (Å²) in [5.74, 6) is -0.684. The Kier molecular flexibility index (Phi) is 2.77. The van der Waals surface area contributed by atoms with E-state index in [0.29, 0.717) is 11.5 Å². The van der Waals surface area contributed by atoms with Gasteiger partial charge >= 0.3 is 11.7 Å². The van der Waals surface area contributed by atoms with Gasteiger partial charge in [0.15, 0.2) is 11.2 Å². The molecule has 9 heteroatoms. The number of carboxylic acids is 1. The summed E-state index contributed by atoms with van der Waals surface area (Å²) in [7, 11) is 2.92. The smallest absolute Gasteiger partial charge is 0.332 e. The molecule has 9 nitrogen and oxygen atoms in total. The highest BCUT2D eigenvalue weighted by Gasteiger charge is 2.23. The second-order valence-corrected chi connectivity index (χ2v) is 5.31. The normalized spacial score (nSPS) is 13.1. The Labute approximate surface area is 123 Å². The van der Waals surface area contributed by atoms with Crippen molar-refractivity contribution in [1.29, 1.82) is 0 Å². The highest BCUT2D eigenvalue weighted by molar-refractivity contribution is 5.77. The average molecular weight is 305 g/mol. The molecule has 0 fully saturated rings. The average Bonchev–Trinajstić information content (AvgIpc) is 2.96. The number of rotatable bonds is 2. The maximum absolute atomic E-state index is 12.4. The quantitative estimate of drug-likeness (QED) is 0.696. The molecule has 0 aromatic carbocycles. The third-order valence-electron chi connectivity index (χ3n) is 3.93. The predicted octanol–water partition coefficient (Wildman–Crippen LogP) is -0.360. The number of fused-ring (bicyclic) bond motifs is 3. The molecule has 0 spiro atoms. The number of carbonyl (C=O) groups is 1. The first-order chi connectivity index (χ1) is 10.3. The van der Waals surface area contributed by atoms with E-state index in [0.717, 1.165) is 4.57 Å². The predicted molar refractivity (Wildman–Crippen MR) is 78.3 cm³/mol. The molecule has 0 aliphatic heterocycles. The fourth-order valence-corrected chi connectivity index (χ4v) is 2.69. The van der Waals surface area contributed by atoms with Gasteiger partial charge in [0, 0.05) is 26.0 Å². The molecule has 3 aromatic rings. The van der Waals surface area contributed by atoms with E-state index in [2.05, 4.69) is 4.98 Å². The van der Waals surface area contributed by atoms with Gasteiger partial charge in [-0.2, -0.15) is 4.98 Å². The third-order valence-corrected chi connectivity index (χ3v) is 3.93. The number of carboxylic acid groups (broad SMARTS) is 1. The molecule has 3 rings (SSSR count). The summed E-state index contributed by atoms with van der Waals surface area (Å²) >= 11 is 0. The summed E-state index contributed by atoms with van der Waals surface area (Å²) in [5, 5.41) is 9.23. The van der Waals surface area contributed by atoms with E-state index in [1.54, 1.807) is 13.1 Å². The van der Waals surface area contributed by atoms with E-state index >= 15 is 0 Å². The first-order valence-corrected chi connectivity index (χ1v) is 6.64. The van der Waals surface area contributed by atoms with Gasteiger partial charge in [-0.05, 0) is 13.8 Å². The Hall–Kier alpha value is -2.84. The van der Waals surface area contributed by atoms with Gasteiger partial charge in [-0.3, -0.25) is 18.3 Å². The van der Waals surface area contributed by atoms with Crippen LogP contribution in [0.1, 0.15) is 18.7 Å². The minimum atomic E-state index is -1.00. The minimum absolute atomic E-state index is 0.231. The van der Waals surface area contributed by atoms with Gasteiger partial charge in [-0.15, -0.1) is 0 Å². The van der Waals surface area contributed by atoms with E-state index in [9.17, 15) is 19.5 Å². The molecular weight excluding hydrogens is 290 g/mol. The lowest BCUT2D eigenvalue weighted by Gasteiger charge is -2.10. The third kappa shape index (κ3) is 1.59. The molecule has 3 heterocycles. The lowest BCUT2D eigenvalue weighted by Crippen LogP contribution is -2.37. The molecule has 0 saturated heterocycles. The lowest BCUT2D eigenvalue weighted by molar-refractivity contribution is -0.140. The molecule has 0 bridgehead atoms. The van der Waals surface area contributed by atoms with Crippen molar-refractivity contribution in [1.82, 2.24) is 23.1 Å². The molecule has 0 radical (unpaired) electrons. The molecule has 22 heavy (non-hydrogen) atoms. The Morgan fingerprint density at radius 1 is 1.27 bits per heavy atom. The Bertz CT molecular complexity index is 1050. The standard InChI is InChI=1S/C13H15N5O4/c1-6-5-17-8-9(15(3)13(22)16(4)10(8)19)14-12(17)18(6)7(2)11(20)21/h5,7H,1-4H3,(H,20,21). The molecule has 0 aliphatic rings. The molecule has 0 aliphatic carbocycles. The van der Waals surface area contributed by atoms with Gasteiger partial charge < -0.3 is 9.67 Å². The van der Waals surface area contributed by atoms with E-state index in [4.69, 9.17) is 0 Å². The number of aromatic nitrogens is 5. The number of aliphatic carboxylic acids is 1. The van der Waals surface area contributed by atoms with Gasteiger partial charge in [0.2, 0.25) is 5.78 Å². The van der Waals surface area contributed by atoms with E-state index in [-0.39, 0.29) is 11.2 Å². The fourth-order valence-electron chi connectivity index (χ4n) is 2.69. The van der Waals surface area contributed by atoms with Gasteiger partial charge in [-0.1, -0.05) is 0 Å². The van der Waals surface area contributed by atoms with E-state index < -0.39 is 23.3 Å². The van der Waals surface area contributed by atoms with Crippen LogP contribution < -0.4 is 11.2 Å². The van der Waals surface area contributed by atoms with Crippen molar-refractivity contribution in [2.75, 3.05) is 0 Å². The van der Waals surface area contributed by atoms with Crippen LogP contribution in [0.25, 0.3) is 16.9 Å². The zero-order valence-electron chi connectivity index (χ0n) is 12.6. The Morgan fingerprint density at radius 3 is 2.50 bits per heavy atom. The molecule has 0 amide bonds. The molecule has 1 N–H and O–H groups in total. The van der Waals surface area contributed by atoms with Crippen LogP contribution in [0.2, 0.25) is 0 Å². The van der Waals surface area contributed by atoms with Crippen LogP contribution in [0.4, 0.5) is 0 Å². The van der Waals surface area contributed by atoms with Crippen LogP contribution in [0, 0.1) is 6.92 Å². The summed E-state index contributed by atoms with van der Waals surface area (Å²) in [6.07, 6.45) is 1.65. The maximum Gasteiger partial charge on any atom is 0.332 e. The minimum Gasteiger partial charge on any atom is -0.480 e. The maximum atomic E-state index is 12.4. The second-order valence-electron chi connectivity index (χ2n) is 5.31. The molecule has 1 unspecified atom stereocenters. The number of hydrogen-bond donors (Lipinski definition) is 1. The van der Waals surface area contributed by atoms with Crippen LogP contribution in [-0.4, -0.2) is 34.2 Å². The van der Waals surface area contributed by atoms with Crippen molar-refractivity contribution in [2.45, 2.75) is 19.9 Å². The largest absolute Gasteiger partial charge is 0.480 e. The SMILES string of the molecule is Cc1cn2c3c(=O)n(C)c(=O)n(C)c3nc2n1C(C)C(=O)O. The Balaban J connectivity index is 2.56. The van der Waals surface area contributed by atoms with Crippen LogP contribution in [0.5, 0.6) is 0 Å². The van der Waals surface area contributed by atoms with Gasteiger partial charge in [-0.25, -0.2) is 9.59 Å². The van der Waals surface area contributed by atoms with Crippen LogP contribution >= 0.6 is 0 Å². The van der Waals surface area contributed by atoms with Crippen molar-refractivity contribution in [3.63, 3.8) is 0 Å². The number of hydrogen-bond acceptors (Lipinski definition) is 4. The summed E-state index contributed by atoms with van der Waals surface area (Å²) in [5.41, 5.74) is 0.196. The molecule has 0 saturated carbocycles. The van der Waals surface area contributed by atoms with Gasteiger partial charge in [0.05, 0.1) is 0 Å². The van der Waals surface area contributed by atoms with Crippen molar-refractivity contribution < 1.29 is 9.90 Å². The monoisotopic (exact) mass is 305 g/mol. The molecular formula is C13H15N5O4. The van der Waals surface area contributed by atoms with Gasteiger partial charge in [0.25, 0.3) is 5.56 Å². The van der Waals surface area contributed by atoms with Gasteiger partial charge in [0.1, 0.15) is 6.04 Å². The van der Waals surface area contributed by atoms with Crippen LogP contribution in [0.15, 0.2) is 15.8 Å². The topological polar surface area (TPSA) is 104 Å². The summed E-state index contributed by atoms with van der Waals surface area (Å²) in [6.45, 7) is 3.28. The van der Waals surface area contributed by atoms with Crippen molar-refractivity contribution in [3.05, 3.63) is 32.7 Å². The van der Waals surface area contributed by atoms with Crippen LogP contribution in [-0.2, 0) is 18.9 Å². The first kappa shape index (κ1) is 14.1. The summed E-state index contributed by atoms with van der Waals surface area (Å²) in [4.78, 5) is 39.9. The molecule has 116 valence electrons. The van der Waals surface area contributed by atoms with Crippen molar-refractivity contribution in [2.24, 2.45) is 14.1 Å². The van der Waals surface area contributed by atoms with Crippen molar-refractivity contribution in [3.8, 4) is 0 Å². The zero-order valence-corrected chi connectivity index (χ0v) is 12.6. The number of imidazole rings is 2. The Morgan fingerprint density at radius 2 is 1.91 bits per heavy atom. The highest BCUT2D eigenvalue weighted by atomic mass is 16.4. The van der Waals surface area contributed by atoms with Crippen LogP contribution in [0.3, 0.4) is 0 Å². The fraction of sp³-hybridized carbons (Fsp3) is 0.385. The molecule has 3 aromatic heterocycles. The zero-order chi connectivity index (χ0) is 16.3. The lowest BCUT2D eigenvalue weighted by atomic mass is 10.3. The first-order valence-electron chi connectivity index (χ1n) is 6.64. The van der Waals surface area contributed by atoms with E-state index in [1.165, 1.54) is 34.6 Å².